The number of rotatable bonds is 6. The van der Waals surface area contributed by atoms with Gasteiger partial charge in [0.15, 0.2) is 0 Å². The Kier molecular flexibility index (Phi) is 8.01. The van der Waals surface area contributed by atoms with Crippen LogP contribution in [0, 0.1) is 13.8 Å². The molecule has 0 fully saturated rings. The van der Waals surface area contributed by atoms with Crippen molar-refractivity contribution in [3.05, 3.63) is 113 Å². The van der Waals surface area contributed by atoms with E-state index in [1.54, 1.807) is 36.0 Å². The molecule has 5 rings (SSSR count). The maximum Gasteiger partial charge on any atom is 0.327 e. The van der Waals surface area contributed by atoms with Gasteiger partial charge in [0, 0.05) is 53.9 Å². The van der Waals surface area contributed by atoms with E-state index >= 15 is 0 Å². The van der Waals surface area contributed by atoms with Gasteiger partial charge in [-0.3, -0.25) is 9.69 Å². The van der Waals surface area contributed by atoms with Crippen molar-refractivity contribution in [3.63, 3.8) is 0 Å². The van der Waals surface area contributed by atoms with Crippen molar-refractivity contribution < 1.29 is 9.59 Å². The highest BCUT2D eigenvalue weighted by Crippen LogP contribution is 2.30. The number of hydrogen-bond donors (Lipinski definition) is 3. The maximum atomic E-state index is 13.8. The quantitative estimate of drug-likeness (QED) is 0.208. The lowest BCUT2D eigenvalue weighted by molar-refractivity contribution is 0.257. The predicted octanol–water partition coefficient (Wildman–Crippen LogP) is 7.01. The number of hydrogen-bond acceptors (Lipinski definition) is 4. The molecular formula is C33H32N6O3. The molecule has 0 aliphatic carbocycles. The summed E-state index contributed by atoms with van der Waals surface area (Å²) in [5, 5.41) is 9.34. The topological polar surface area (TPSA) is 108 Å². The molecule has 0 atom stereocenters. The van der Waals surface area contributed by atoms with Gasteiger partial charge in [0.1, 0.15) is 5.82 Å². The van der Waals surface area contributed by atoms with E-state index in [1.807, 2.05) is 87.5 Å². The SMILES string of the molecule is CCn1c(=O)c(-c2cc(NC(=O)Nc3ccccc3)c(C)cc2C)cc2cnc(N(C)C(=O)Nc3ccccc3)cc21. The molecule has 0 saturated heterocycles. The van der Waals surface area contributed by atoms with E-state index in [0.717, 1.165) is 16.5 Å². The van der Waals surface area contributed by atoms with Gasteiger partial charge in [-0.25, -0.2) is 14.6 Å². The summed E-state index contributed by atoms with van der Waals surface area (Å²) in [4.78, 5) is 45.3. The lowest BCUT2D eigenvalue weighted by atomic mass is 9.97. The molecule has 0 bridgehead atoms. The van der Waals surface area contributed by atoms with E-state index in [0.29, 0.717) is 46.1 Å². The van der Waals surface area contributed by atoms with E-state index < -0.39 is 0 Å². The van der Waals surface area contributed by atoms with Crippen molar-refractivity contribution >= 4 is 45.8 Å². The molecule has 0 radical (unpaired) electrons. The number of carbonyl (C=O) groups excluding carboxylic acids is 2. The van der Waals surface area contributed by atoms with E-state index in [9.17, 15) is 14.4 Å². The number of urea groups is 2. The van der Waals surface area contributed by atoms with Crippen LogP contribution in [0.5, 0.6) is 0 Å². The molecule has 3 N–H and O–H groups in total. The predicted molar refractivity (Wildman–Crippen MR) is 170 cm³/mol. The van der Waals surface area contributed by atoms with Gasteiger partial charge < -0.3 is 20.5 Å². The lowest BCUT2D eigenvalue weighted by Crippen LogP contribution is -2.32. The standard InChI is InChI=1S/C33H32N6O3/c1-5-39-29-19-30(38(4)33(42)36-25-14-10-7-11-15-25)34-20-23(29)17-27(31(39)40)26-18-28(22(3)16-21(26)2)37-32(41)35-24-12-8-6-9-13-24/h6-20H,5H2,1-4H3,(H,36,42)(H2,35,37,41). The molecule has 0 unspecified atom stereocenters. The van der Waals surface area contributed by atoms with Crippen LogP contribution in [0.1, 0.15) is 18.1 Å². The molecular weight excluding hydrogens is 528 g/mol. The van der Waals surface area contributed by atoms with E-state index in [-0.39, 0.29) is 17.6 Å². The summed E-state index contributed by atoms with van der Waals surface area (Å²) in [5.41, 5.74) is 5.44. The number of benzene rings is 3. The monoisotopic (exact) mass is 560 g/mol. The lowest BCUT2D eigenvalue weighted by Gasteiger charge is -2.19. The van der Waals surface area contributed by atoms with Gasteiger partial charge in [-0.2, -0.15) is 0 Å². The molecule has 212 valence electrons. The van der Waals surface area contributed by atoms with Crippen LogP contribution in [-0.2, 0) is 6.54 Å². The van der Waals surface area contributed by atoms with Crippen LogP contribution in [0.25, 0.3) is 22.0 Å². The number of anilines is 4. The third kappa shape index (κ3) is 5.85. The molecule has 5 aromatic rings. The Morgan fingerprint density at radius 2 is 1.45 bits per heavy atom. The summed E-state index contributed by atoms with van der Waals surface area (Å²) in [5.74, 6) is 0.410. The zero-order valence-corrected chi connectivity index (χ0v) is 23.9. The van der Waals surface area contributed by atoms with Gasteiger partial charge >= 0.3 is 12.1 Å². The number of amides is 4. The molecule has 9 nitrogen and oxygen atoms in total. The largest absolute Gasteiger partial charge is 0.327 e. The second kappa shape index (κ2) is 12.0. The van der Waals surface area contributed by atoms with Crippen molar-refractivity contribution in [2.45, 2.75) is 27.3 Å². The summed E-state index contributed by atoms with van der Waals surface area (Å²) in [7, 11) is 1.63. The second-order valence-electron chi connectivity index (χ2n) is 9.99. The minimum absolute atomic E-state index is 0.176. The molecule has 9 heteroatoms. The van der Waals surface area contributed by atoms with Crippen LogP contribution >= 0.6 is 0 Å². The van der Waals surface area contributed by atoms with Gasteiger partial charge in [-0.1, -0.05) is 42.5 Å². The number of carbonyl (C=O) groups is 2. The fourth-order valence-electron chi connectivity index (χ4n) is 4.87. The van der Waals surface area contributed by atoms with Crippen LogP contribution in [-0.4, -0.2) is 28.7 Å². The van der Waals surface area contributed by atoms with Crippen molar-refractivity contribution in [2.75, 3.05) is 27.9 Å². The van der Waals surface area contributed by atoms with Crippen LogP contribution in [0.2, 0.25) is 0 Å². The highest BCUT2D eigenvalue weighted by molar-refractivity contribution is 6.02. The minimum Gasteiger partial charge on any atom is -0.308 e. The molecule has 0 saturated carbocycles. The number of para-hydroxylation sites is 2. The fraction of sp³-hybridized carbons (Fsp3) is 0.152. The molecule has 2 heterocycles. The first-order chi connectivity index (χ1) is 20.2. The Labute approximate surface area is 243 Å². The van der Waals surface area contributed by atoms with Crippen LogP contribution in [0.3, 0.4) is 0 Å². The molecule has 0 aliphatic rings. The summed E-state index contributed by atoms with van der Waals surface area (Å²) in [6, 6.07) is 25.0. The smallest absolute Gasteiger partial charge is 0.308 e. The first kappa shape index (κ1) is 28.1. The van der Waals surface area contributed by atoms with Crippen LogP contribution in [0.15, 0.2) is 95.9 Å². The Balaban J connectivity index is 1.48. The molecule has 0 aliphatic heterocycles. The molecule has 3 aromatic carbocycles. The fourth-order valence-corrected chi connectivity index (χ4v) is 4.87. The average molecular weight is 561 g/mol. The number of aromatic nitrogens is 2. The Morgan fingerprint density at radius 1 is 0.810 bits per heavy atom. The van der Waals surface area contributed by atoms with Crippen LogP contribution in [0.4, 0.5) is 32.5 Å². The number of nitrogens with zero attached hydrogens (tertiary/aromatic N) is 3. The Bertz CT molecular complexity index is 1830. The third-order valence-corrected chi connectivity index (χ3v) is 7.09. The van der Waals surface area contributed by atoms with Gasteiger partial charge in [0.05, 0.1) is 5.52 Å². The summed E-state index contributed by atoms with van der Waals surface area (Å²) in [6.07, 6.45) is 1.67. The third-order valence-electron chi connectivity index (χ3n) is 7.09. The van der Waals surface area contributed by atoms with Crippen LogP contribution < -0.4 is 26.4 Å². The van der Waals surface area contributed by atoms with Crippen molar-refractivity contribution in [3.8, 4) is 11.1 Å². The number of aryl methyl sites for hydroxylation is 3. The average Bonchev–Trinajstić information content (AvgIpc) is 2.99. The minimum atomic E-state index is -0.374. The van der Waals surface area contributed by atoms with E-state index in [4.69, 9.17) is 0 Å². The molecule has 4 amide bonds. The number of fused-ring (bicyclic) bond motifs is 1. The second-order valence-corrected chi connectivity index (χ2v) is 9.99. The molecule has 0 spiro atoms. The van der Waals surface area contributed by atoms with Crippen molar-refractivity contribution in [1.82, 2.24) is 9.55 Å². The Morgan fingerprint density at radius 3 is 2.10 bits per heavy atom. The first-order valence-electron chi connectivity index (χ1n) is 13.6. The first-order valence-corrected chi connectivity index (χ1v) is 13.6. The highest BCUT2D eigenvalue weighted by atomic mass is 16.2. The van der Waals surface area contributed by atoms with E-state index in [1.165, 1.54) is 4.90 Å². The van der Waals surface area contributed by atoms with Gasteiger partial charge in [-0.15, -0.1) is 0 Å². The maximum absolute atomic E-state index is 13.8. The van der Waals surface area contributed by atoms with Crippen molar-refractivity contribution in [2.24, 2.45) is 0 Å². The van der Waals surface area contributed by atoms with E-state index in [2.05, 4.69) is 20.9 Å². The van der Waals surface area contributed by atoms with Gasteiger partial charge in [-0.05, 0) is 73.9 Å². The summed E-state index contributed by atoms with van der Waals surface area (Å²) < 4.78 is 1.67. The van der Waals surface area contributed by atoms with Crippen molar-refractivity contribution in [1.29, 1.82) is 0 Å². The number of pyridine rings is 2. The molecule has 2 aromatic heterocycles. The summed E-state index contributed by atoms with van der Waals surface area (Å²) >= 11 is 0. The summed E-state index contributed by atoms with van der Waals surface area (Å²) in [6.45, 7) is 6.18. The normalized spacial score (nSPS) is 10.8. The zero-order chi connectivity index (χ0) is 29.8. The highest BCUT2D eigenvalue weighted by Gasteiger charge is 2.18. The Hall–Kier alpha value is -5.44. The van der Waals surface area contributed by atoms with Gasteiger partial charge in [0.25, 0.3) is 5.56 Å². The zero-order valence-electron chi connectivity index (χ0n) is 23.9. The van der Waals surface area contributed by atoms with Gasteiger partial charge in [0.2, 0.25) is 0 Å². The number of nitrogens with one attached hydrogen (secondary N) is 3. The molecule has 42 heavy (non-hydrogen) atoms.